The van der Waals surface area contributed by atoms with Gasteiger partial charge in [-0.3, -0.25) is 4.79 Å². The topological polar surface area (TPSA) is 50.2 Å². The molecule has 0 radical (unpaired) electrons. The summed E-state index contributed by atoms with van der Waals surface area (Å²) in [6.45, 7) is 4.15. The van der Waals surface area contributed by atoms with E-state index in [9.17, 15) is 4.79 Å². The summed E-state index contributed by atoms with van der Waals surface area (Å²) in [4.78, 5) is 15.7. The third-order valence-electron chi connectivity index (χ3n) is 1.73. The zero-order valence-electron chi connectivity index (χ0n) is 8.08. The van der Waals surface area contributed by atoms with Crippen LogP contribution in [0, 0.1) is 0 Å². The minimum absolute atomic E-state index is 0.165. The van der Waals surface area contributed by atoms with Crippen molar-refractivity contribution in [2.75, 3.05) is 0 Å². The van der Waals surface area contributed by atoms with Crippen molar-refractivity contribution in [3.8, 4) is 0 Å². The van der Waals surface area contributed by atoms with Crippen molar-refractivity contribution < 1.29 is 9.90 Å². The number of carbonyl (C=O) groups is 1. The largest absolute Gasteiger partial charge is 0.481 e. The number of carboxylic acids is 1. The van der Waals surface area contributed by atoms with Gasteiger partial charge in [-0.25, -0.2) is 4.98 Å². The molecule has 0 unspecified atom stereocenters. The van der Waals surface area contributed by atoms with Crippen molar-refractivity contribution in [2.24, 2.45) is 0 Å². The Hall–Kier alpha value is -0.420. The number of hydrogen-bond acceptors (Lipinski definition) is 3. The summed E-state index contributed by atoms with van der Waals surface area (Å²) >= 11 is 4.93. The number of halogens is 1. The fourth-order valence-electron chi connectivity index (χ4n) is 0.972. The Morgan fingerprint density at radius 3 is 2.71 bits per heavy atom. The second-order valence-electron chi connectivity index (χ2n) is 3.31. The molecule has 0 bridgehead atoms. The van der Waals surface area contributed by atoms with Crippen LogP contribution in [0.1, 0.15) is 36.1 Å². The van der Waals surface area contributed by atoms with Crippen LogP contribution in [-0.2, 0) is 11.2 Å². The normalized spacial score (nSPS) is 10.9. The zero-order valence-corrected chi connectivity index (χ0v) is 10.5. The van der Waals surface area contributed by atoms with Crippen LogP contribution < -0.4 is 0 Å². The fraction of sp³-hybridized carbons (Fsp3) is 0.556. The Morgan fingerprint density at radius 1 is 1.64 bits per heavy atom. The molecule has 0 aliphatic carbocycles. The summed E-state index contributed by atoms with van der Waals surface area (Å²) in [6, 6.07) is 0. The quantitative estimate of drug-likeness (QED) is 0.920. The van der Waals surface area contributed by atoms with Gasteiger partial charge in [-0.15, -0.1) is 11.3 Å². The van der Waals surface area contributed by atoms with Crippen molar-refractivity contribution in [1.82, 2.24) is 4.98 Å². The molecule has 0 saturated heterocycles. The predicted molar refractivity (Wildman–Crippen MR) is 59.9 cm³/mol. The van der Waals surface area contributed by atoms with Crippen LogP contribution in [0.3, 0.4) is 0 Å². The Morgan fingerprint density at radius 2 is 2.29 bits per heavy atom. The molecule has 1 rings (SSSR count). The second kappa shape index (κ2) is 4.89. The predicted octanol–water partition coefficient (Wildman–Crippen LogP) is 3.05. The van der Waals surface area contributed by atoms with E-state index in [1.54, 1.807) is 11.3 Å². The van der Waals surface area contributed by atoms with Crippen LogP contribution in [0.4, 0.5) is 0 Å². The summed E-state index contributed by atoms with van der Waals surface area (Å²) in [7, 11) is 0. The summed E-state index contributed by atoms with van der Waals surface area (Å²) < 4.78 is 0.799. The molecule has 3 nitrogen and oxygen atoms in total. The van der Waals surface area contributed by atoms with Crippen LogP contribution in [0.15, 0.2) is 4.60 Å². The highest BCUT2D eigenvalue weighted by molar-refractivity contribution is 9.10. The lowest BCUT2D eigenvalue weighted by atomic mass is 10.2. The van der Waals surface area contributed by atoms with Gasteiger partial charge in [0.25, 0.3) is 0 Å². The molecule has 1 aromatic rings. The molecule has 0 fully saturated rings. The molecule has 1 heterocycles. The summed E-state index contributed by atoms with van der Waals surface area (Å²) in [6.07, 6.45) is 0.721. The van der Waals surface area contributed by atoms with Gasteiger partial charge in [0.1, 0.15) is 4.60 Å². The van der Waals surface area contributed by atoms with Crippen molar-refractivity contribution in [1.29, 1.82) is 0 Å². The number of aromatic nitrogens is 1. The van der Waals surface area contributed by atoms with Crippen LogP contribution in [0.25, 0.3) is 0 Å². The van der Waals surface area contributed by atoms with Crippen molar-refractivity contribution in [3.05, 3.63) is 14.5 Å². The third-order valence-corrected chi connectivity index (χ3v) is 4.06. The highest BCUT2D eigenvalue weighted by Crippen LogP contribution is 2.29. The van der Waals surface area contributed by atoms with Crippen LogP contribution in [-0.4, -0.2) is 16.1 Å². The minimum Gasteiger partial charge on any atom is -0.481 e. The molecule has 78 valence electrons. The van der Waals surface area contributed by atoms with E-state index in [0.29, 0.717) is 12.3 Å². The van der Waals surface area contributed by atoms with E-state index in [0.717, 1.165) is 14.5 Å². The summed E-state index contributed by atoms with van der Waals surface area (Å²) in [5.41, 5.74) is 0. The minimum atomic E-state index is -0.767. The number of hydrogen-bond donors (Lipinski definition) is 1. The SMILES string of the molecule is CC(C)c1nc(Br)c(CCC(=O)O)s1. The average molecular weight is 278 g/mol. The number of aryl methyl sites for hydroxylation is 1. The Balaban J connectivity index is 2.72. The summed E-state index contributed by atoms with van der Waals surface area (Å²) in [5.74, 6) is -0.369. The van der Waals surface area contributed by atoms with E-state index in [1.165, 1.54) is 0 Å². The van der Waals surface area contributed by atoms with E-state index < -0.39 is 5.97 Å². The lowest BCUT2D eigenvalue weighted by molar-refractivity contribution is -0.136. The molecular weight excluding hydrogens is 266 g/mol. The van der Waals surface area contributed by atoms with Gasteiger partial charge < -0.3 is 5.11 Å². The van der Waals surface area contributed by atoms with Gasteiger partial charge in [0, 0.05) is 10.8 Å². The maximum atomic E-state index is 10.4. The molecule has 14 heavy (non-hydrogen) atoms. The molecule has 0 aromatic carbocycles. The number of nitrogens with zero attached hydrogens (tertiary/aromatic N) is 1. The Kier molecular flexibility index (Phi) is 4.07. The fourth-order valence-corrected chi connectivity index (χ4v) is 2.68. The van der Waals surface area contributed by atoms with Crippen molar-refractivity contribution in [2.45, 2.75) is 32.6 Å². The first-order valence-electron chi connectivity index (χ1n) is 4.37. The monoisotopic (exact) mass is 277 g/mol. The zero-order chi connectivity index (χ0) is 10.7. The highest BCUT2D eigenvalue weighted by atomic mass is 79.9. The molecule has 1 aromatic heterocycles. The standard InChI is InChI=1S/C9H12BrNO2S/c1-5(2)9-11-8(10)6(14-9)3-4-7(12)13/h5H,3-4H2,1-2H3,(H,12,13). The van der Waals surface area contributed by atoms with Crippen LogP contribution in [0.2, 0.25) is 0 Å². The smallest absolute Gasteiger partial charge is 0.303 e. The molecule has 0 atom stereocenters. The molecule has 0 saturated carbocycles. The van der Waals surface area contributed by atoms with Crippen molar-refractivity contribution in [3.63, 3.8) is 0 Å². The molecule has 1 N–H and O–H groups in total. The van der Waals surface area contributed by atoms with Crippen molar-refractivity contribution >= 4 is 33.2 Å². The maximum absolute atomic E-state index is 10.4. The highest BCUT2D eigenvalue weighted by Gasteiger charge is 2.12. The van der Waals surface area contributed by atoms with Gasteiger partial charge in [-0.1, -0.05) is 13.8 Å². The average Bonchev–Trinajstić information content (AvgIpc) is 2.43. The first-order valence-corrected chi connectivity index (χ1v) is 5.98. The first-order chi connectivity index (χ1) is 6.50. The van der Waals surface area contributed by atoms with Crippen LogP contribution in [0.5, 0.6) is 0 Å². The van der Waals surface area contributed by atoms with E-state index in [2.05, 4.69) is 34.8 Å². The van der Waals surface area contributed by atoms with Gasteiger partial charge >= 0.3 is 5.97 Å². The Labute approximate surface area is 95.3 Å². The number of carboxylic acid groups (broad SMARTS) is 1. The van der Waals surface area contributed by atoms with Gasteiger partial charge in [-0.05, 0) is 22.4 Å². The first kappa shape index (κ1) is 11.7. The number of thiazole rings is 1. The van der Waals surface area contributed by atoms with E-state index in [4.69, 9.17) is 5.11 Å². The second-order valence-corrected chi connectivity index (χ2v) is 5.18. The lowest BCUT2D eigenvalue weighted by Gasteiger charge is -1.95. The molecule has 0 amide bonds. The molecular formula is C9H12BrNO2S. The van der Waals surface area contributed by atoms with Crippen LogP contribution >= 0.6 is 27.3 Å². The molecule has 0 aliphatic heterocycles. The van der Waals surface area contributed by atoms with E-state index in [1.807, 2.05) is 0 Å². The van der Waals surface area contributed by atoms with E-state index in [-0.39, 0.29) is 6.42 Å². The number of aliphatic carboxylic acids is 1. The molecule has 0 aliphatic rings. The Bertz CT molecular complexity index is 336. The van der Waals surface area contributed by atoms with Gasteiger partial charge in [0.15, 0.2) is 0 Å². The van der Waals surface area contributed by atoms with Gasteiger partial charge in [-0.2, -0.15) is 0 Å². The molecule has 5 heteroatoms. The lowest BCUT2D eigenvalue weighted by Crippen LogP contribution is -1.96. The van der Waals surface area contributed by atoms with Gasteiger partial charge in [0.2, 0.25) is 0 Å². The van der Waals surface area contributed by atoms with E-state index >= 15 is 0 Å². The van der Waals surface area contributed by atoms with Gasteiger partial charge in [0.05, 0.1) is 11.4 Å². The number of rotatable bonds is 4. The molecule has 0 spiro atoms. The third kappa shape index (κ3) is 3.06. The summed E-state index contributed by atoms with van der Waals surface area (Å²) in [5, 5.41) is 9.60. The maximum Gasteiger partial charge on any atom is 0.303 e.